The smallest absolute Gasteiger partial charge is 0.170 e. The SMILES string of the molecule is CC(=O)C1=CCC(C(=O)c2ccc(C(C)=O)c(C(C)=O)c2)C=C1C(C)=O. The van der Waals surface area contributed by atoms with Crippen molar-refractivity contribution in [3.63, 3.8) is 0 Å². The zero-order valence-corrected chi connectivity index (χ0v) is 15.2. The molecule has 1 atom stereocenters. The minimum Gasteiger partial charge on any atom is -0.294 e. The van der Waals surface area contributed by atoms with Gasteiger partial charge >= 0.3 is 0 Å². The van der Waals surface area contributed by atoms with Gasteiger partial charge in [0.1, 0.15) is 0 Å². The highest BCUT2D eigenvalue weighted by atomic mass is 16.1. The topological polar surface area (TPSA) is 85.3 Å². The molecule has 5 nitrogen and oxygen atoms in total. The molecule has 0 heterocycles. The van der Waals surface area contributed by atoms with Crippen LogP contribution in [0, 0.1) is 5.92 Å². The summed E-state index contributed by atoms with van der Waals surface area (Å²) < 4.78 is 0. The molecule has 0 bridgehead atoms. The van der Waals surface area contributed by atoms with E-state index in [2.05, 4.69) is 0 Å². The molecule has 0 amide bonds. The minimum absolute atomic E-state index is 0.204. The normalized spacial score (nSPS) is 16.4. The average molecular weight is 352 g/mol. The lowest BCUT2D eigenvalue weighted by Gasteiger charge is -2.19. The van der Waals surface area contributed by atoms with E-state index in [9.17, 15) is 24.0 Å². The quantitative estimate of drug-likeness (QED) is 0.733. The first-order valence-electron chi connectivity index (χ1n) is 8.27. The van der Waals surface area contributed by atoms with Crippen LogP contribution in [0.4, 0.5) is 0 Å². The van der Waals surface area contributed by atoms with Gasteiger partial charge in [-0.3, -0.25) is 24.0 Å². The van der Waals surface area contributed by atoms with Gasteiger partial charge in [-0.25, -0.2) is 0 Å². The van der Waals surface area contributed by atoms with Crippen LogP contribution in [0.15, 0.2) is 41.5 Å². The molecule has 1 aliphatic rings. The maximum Gasteiger partial charge on any atom is 0.170 e. The summed E-state index contributed by atoms with van der Waals surface area (Å²) in [4.78, 5) is 59.8. The fourth-order valence-corrected chi connectivity index (χ4v) is 3.05. The Morgan fingerprint density at radius 2 is 1.35 bits per heavy atom. The lowest BCUT2D eigenvalue weighted by Crippen LogP contribution is -2.20. The van der Waals surface area contributed by atoms with E-state index in [0.717, 1.165) is 0 Å². The number of ketones is 5. The second kappa shape index (κ2) is 7.52. The van der Waals surface area contributed by atoms with Crippen molar-refractivity contribution in [1.82, 2.24) is 0 Å². The number of hydrogen-bond acceptors (Lipinski definition) is 5. The molecule has 5 heteroatoms. The molecule has 0 aliphatic heterocycles. The van der Waals surface area contributed by atoms with Crippen molar-refractivity contribution in [2.45, 2.75) is 34.1 Å². The van der Waals surface area contributed by atoms with Crippen LogP contribution in [-0.4, -0.2) is 28.9 Å². The Labute approximate surface area is 151 Å². The number of allylic oxidation sites excluding steroid dienone is 4. The van der Waals surface area contributed by atoms with Crippen molar-refractivity contribution in [2.75, 3.05) is 0 Å². The van der Waals surface area contributed by atoms with Gasteiger partial charge in [0, 0.05) is 33.8 Å². The summed E-state index contributed by atoms with van der Waals surface area (Å²) in [5, 5.41) is 0. The summed E-state index contributed by atoms with van der Waals surface area (Å²) >= 11 is 0. The highest BCUT2D eigenvalue weighted by Gasteiger charge is 2.27. The van der Waals surface area contributed by atoms with Gasteiger partial charge in [0.05, 0.1) is 0 Å². The average Bonchev–Trinajstić information content (AvgIpc) is 2.59. The van der Waals surface area contributed by atoms with E-state index in [4.69, 9.17) is 0 Å². The lowest BCUT2D eigenvalue weighted by molar-refractivity contribution is -0.116. The monoisotopic (exact) mass is 352 g/mol. The number of hydrogen-bond donors (Lipinski definition) is 0. The fraction of sp³-hybridized carbons (Fsp3) is 0.286. The van der Waals surface area contributed by atoms with Gasteiger partial charge in [0.15, 0.2) is 28.9 Å². The van der Waals surface area contributed by atoms with Crippen LogP contribution >= 0.6 is 0 Å². The van der Waals surface area contributed by atoms with Gasteiger partial charge in [-0.05, 0) is 46.2 Å². The Bertz CT molecular complexity index is 899. The molecule has 1 aromatic carbocycles. The second-order valence-corrected chi connectivity index (χ2v) is 6.39. The Morgan fingerprint density at radius 3 is 1.85 bits per heavy atom. The summed E-state index contributed by atoms with van der Waals surface area (Å²) in [5.74, 6) is -1.91. The zero-order chi connectivity index (χ0) is 19.6. The Balaban J connectivity index is 2.43. The number of Topliss-reactive ketones (excluding diaryl/α,β-unsaturated/α-hetero) is 5. The van der Waals surface area contributed by atoms with Crippen LogP contribution in [0.3, 0.4) is 0 Å². The lowest BCUT2D eigenvalue weighted by atomic mass is 9.83. The van der Waals surface area contributed by atoms with E-state index in [1.165, 1.54) is 52.0 Å². The summed E-state index contributed by atoms with van der Waals surface area (Å²) in [6, 6.07) is 4.41. The molecule has 2 rings (SSSR count). The maximum atomic E-state index is 12.8. The maximum absolute atomic E-state index is 12.8. The number of benzene rings is 1. The minimum atomic E-state index is -0.597. The molecular formula is C21H20O5. The third kappa shape index (κ3) is 3.82. The first kappa shape index (κ1) is 19.4. The Kier molecular flexibility index (Phi) is 5.60. The molecule has 1 aliphatic carbocycles. The molecule has 0 saturated heterocycles. The standard InChI is InChI=1S/C21H20O5/c1-11(22)17-7-5-15(9-19(17)13(3)24)21(26)16-6-8-18(12(2)23)20(10-16)14(4)25/h5,7-10,16H,6H2,1-4H3. The molecule has 1 unspecified atom stereocenters. The Hall–Kier alpha value is -2.95. The Morgan fingerprint density at radius 1 is 0.769 bits per heavy atom. The van der Waals surface area contributed by atoms with Gasteiger partial charge < -0.3 is 0 Å². The van der Waals surface area contributed by atoms with Crippen LogP contribution in [0.25, 0.3) is 0 Å². The molecule has 0 radical (unpaired) electrons. The van der Waals surface area contributed by atoms with Crippen molar-refractivity contribution >= 4 is 28.9 Å². The van der Waals surface area contributed by atoms with E-state index in [0.29, 0.717) is 17.6 Å². The van der Waals surface area contributed by atoms with Crippen LogP contribution < -0.4 is 0 Å². The summed E-state index contributed by atoms with van der Waals surface area (Å²) in [7, 11) is 0. The molecule has 0 saturated carbocycles. The van der Waals surface area contributed by atoms with E-state index in [-0.39, 0.29) is 45.6 Å². The number of rotatable bonds is 6. The zero-order valence-electron chi connectivity index (χ0n) is 15.2. The van der Waals surface area contributed by atoms with Crippen molar-refractivity contribution in [3.8, 4) is 0 Å². The van der Waals surface area contributed by atoms with E-state index in [1.54, 1.807) is 6.08 Å². The highest BCUT2D eigenvalue weighted by molar-refractivity contribution is 6.13. The summed E-state index contributed by atoms with van der Waals surface area (Å²) in [5.41, 5.74) is 1.35. The molecule has 0 N–H and O–H groups in total. The first-order valence-corrected chi connectivity index (χ1v) is 8.27. The largest absolute Gasteiger partial charge is 0.294 e. The molecule has 0 fully saturated rings. The van der Waals surface area contributed by atoms with Crippen LogP contribution in [-0.2, 0) is 9.59 Å². The van der Waals surface area contributed by atoms with Crippen molar-refractivity contribution in [3.05, 3.63) is 58.2 Å². The molecule has 26 heavy (non-hydrogen) atoms. The molecule has 1 aromatic rings. The molecule has 0 spiro atoms. The number of carbonyl (C=O) groups is 5. The van der Waals surface area contributed by atoms with Gasteiger partial charge in [0.25, 0.3) is 0 Å². The van der Waals surface area contributed by atoms with Crippen LogP contribution in [0.5, 0.6) is 0 Å². The molecule has 0 aromatic heterocycles. The van der Waals surface area contributed by atoms with Crippen molar-refractivity contribution in [1.29, 1.82) is 0 Å². The van der Waals surface area contributed by atoms with Gasteiger partial charge in [-0.2, -0.15) is 0 Å². The summed E-state index contributed by atoms with van der Waals surface area (Å²) in [6.07, 6.45) is 3.43. The molecular weight excluding hydrogens is 332 g/mol. The number of carbonyl (C=O) groups excluding carboxylic acids is 5. The summed E-state index contributed by atoms with van der Waals surface area (Å²) in [6.45, 7) is 5.43. The molecule has 134 valence electrons. The van der Waals surface area contributed by atoms with E-state index in [1.807, 2.05) is 0 Å². The third-order valence-electron chi connectivity index (χ3n) is 4.39. The van der Waals surface area contributed by atoms with Gasteiger partial charge in [-0.1, -0.05) is 18.2 Å². The van der Waals surface area contributed by atoms with Crippen molar-refractivity contribution < 1.29 is 24.0 Å². The van der Waals surface area contributed by atoms with Gasteiger partial charge in [-0.15, -0.1) is 0 Å². The van der Waals surface area contributed by atoms with Crippen LogP contribution in [0.2, 0.25) is 0 Å². The van der Waals surface area contributed by atoms with Gasteiger partial charge in [0.2, 0.25) is 0 Å². The fourth-order valence-electron chi connectivity index (χ4n) is 3.05. The first-order chi connectivity index (χ1) is 12.1. The van der Waals surface area contributed by atoms with Crippen LogP contribution in [0.1, 0.15) is 65.2 Å². The van der Waals surface area contributed by atoms with E-state index >= 15 is 0 Å². The van der Waals surface area contributed by atoms with Crippen molar-refractivity contribution in [2.24, 2.45) is 5.92 Å². The predicted octanol–water partition coefficient (Wildman–Crippen LogP) is 3.33. The predicted molar refractivity (Wildman–Crippen MR) is 96.4 cm³/mol. The second-order valence-electron chi connectivity index (χ2n) is 6.39. The van der Waals surface area contributed by atoms with E-state index < -0.39 is 5.92 Å². The highest BCUT2D eigenvalue weighted by Crippen LogP contribution is 2.28. The third-order valence-corrected chi connectivity index (χ3v) is 4.39.